The number of halogens is 1. The minimum atomic E-state index is -0.237. The smallest absolute Gasteiger partial charge is 0.239 e. The molecule has 0 radical (unpaired) electrons. The van der Waals surface area contributed by atoms with Crippen molar-refractivity contribution in [1.82, 2.24) is 14.9 Å². The number of rotatable bonds is 8. The summed E-state index contributed by atoms with van der Waals surface area (Å²) >= 11 is 0. The van der Waals surface area contributed by atoms with E-state index in [1.54, 1.807) is 0 Å². The topological polar surface area (TPSA) is 36.0 Å². The summed E-state index contributed by atoms with van der Waals surface area (Å²) in [6.07, 6.45) is 2.47. The maximum atomic E-state index is 13.5. The van der Waals surface area contributed by atoms with E-state index < -0.39 is 0 Å². The van der Waals surface area contributed by atoms with Crippen molar-refractivity contribution in [3.05, 3.63) is 65.5 Å². The maximum absolute atomic E-state index is 13.5. The molecule has 5 nitrogen and oxygen atoms in total. The van der Waals surface area contributed by atoms with Gasteiger partial charge in [-0.05, 0) is 73.8 Å². The van der Waals surface area contributed by atoms with Gasteiger partial charge in [0.25, 0.3) is 0 Å². The van der Waals surface area contributed by atoms with Gasteiger partial charge in [-0.3, -0.25) is 9.80 Å². The molecule has 2 aromatic rings. The predicted molar refractivity (Wildman–Crippen MR) is 128 cm³/mol. The standard InChI is InChI=1S/C27H36FN3O2/c1-4-29-15-13-27(14-16-29)17-26(32)30(31(27)19-23-5-9-24(28)10-6-23)18-22-7-11-25(12-8-22)33-20-21(2)3/h5-12,21H,4,13-20H2,1-3H3. The second-order valence-electron chi connectivity index (χ2n) is 9.82. The molecule has 2 saturated heterocycles. The van der Waals surface area contributed by atoms with Gasteiger partial charge >= 0.3 is 0 Å². The molecule has 4 rings (SSSR count). The average molecular weight is 454 g/mol. The van der Waals surface area contributed by atoms with Gasteiger partial charge in [0.15, 0.2) is 0 Å². The Labute approximate surface area is 197 Å². The molecule has 0 unspecified atom stereocenters. The van der Waals surface area contributed by atoms with Crippen LogP contribution in [0.4, 0.5) is 4.39 Å². The summed E-state index contributed by atoms with van der Waals surface area (Å²) in [7, 11) is 0. The minimum Gasteiger partial charge on any atom is -0.493 e. The SMILES string of the molecule is CCN1CCC2(CC1)CC(=O)N(Cc1ccc(OCC(C)C)cc1)N2Cc1ccc(F)cc1. The summed E-state index contributed by atoms with van der Waals surface area (Å²) in [5, 5.41) is 4.20. The van der Waals surface area contributed by atoms with Crippen LogP contribution in [0.2, 0.25) is 0 Å². The van der Waals surface area contributed by atoms with Crippen molar-refractivity contribution in [2.75, 3.05) is 26.2 Å². The zero-order chi connectivity index (χ0) is 23.4. The maximum Gasteiger partial charge on any atom is 0.239 e. The first-order valence-corrected chi connectivity index (χ1v) is 12.1. The van der Waals surface area contributed by atoms with Crippen LogP contribution in [-0.2, 0) is 17.9 Å². The van der Waals surface area contributed by atoms with Gasteiger partial charge in [0.2, 0.25) is 5.91 Å². The molecular weight excluding hydrogens is 417 g/mol. The molecule has 33 heavy (non-hydrogen) atoms. The first kappa shape index (κ1) is 23.7. The van der Waals surface area contributed by atoms with Gasteiger partial charge in [0.1, 0.15) is 11.6 Å². The third-order valence-corrected chi connectivity index (χ3v) is 6.93. The number of ether oxygens (including phenoxy) is 1. The van der Waals surface area contributed by atoms with E-state index in [1.807, 2.05) is 41.4 Å². The molecule has 0 N–H and O–H groups in total. The number of hydrogen-bond acceptors (Lipinski definition) is 4. The Kier molecular flexibility index (Phi) is 7.35. The number of nitrogens with zero attached hydrogens (tertiary/aromatic N) is 3. The molecule has 2 aliphatic rings. The number of amides is 1. The Morgan fingerprint density at radius 2 is 1.58 bits per heavy atom. The van der Waals surface area contributed by atoms with E-state index >= 15 is 0 Å². The highest BCUT2D eigenvalue weighted by molar-refractivity contribution is 5.79. The lowest BCUT2D eigenvalue weighted by Gasteiger charge is -2.46. The number of hydrogen-bond donors (Lipinski definition) is 0. The normalized spacial score (nSPS) is 19.1. The lowest BCUT2D eigenvalue weighted by Crippen LogP contribution is -2.54. The number of carbonyl (C=O) groups excluding carboxylic acids is 1. The highest BCUT2D eigenvalue weighted by atomic mass is 19.1. The molecule has 2 fully saturated rings. The largest absolute Gasteiger partial charge is 0.493 e. The van der Waals surface area contributed by atoms with Crippen molar-refractivity contribution >= 4 is 5.91 Å². The van der Waals surface area contributed by atoms with Gasteiger partial charge in [-0.2, -0.15) is 0 Å². The van der Waals surface area contributed by atoms with E-state index in [1.165, 1.54) is 12.1 Å². The average Bonchev–Trinajstić information content (AvgIpc) is 3.05. The van der Waals surface area contributed by atoms with Crippen molar-refractivity contribution in [1.29, 1.82) is 0 Å². The van der Waals surface area contributed by atoms with E-state index in [4.69, 9.17) is 4.74 Å². The molecule has 2 heterocycles. The van der Waals surface area contributed by atoms with Crippen molar-refractivity contribution in [3.63, 3.8) is 0 Å². The number of piperidine rings is 1. The van der Waals surface area contributed by atoms with E-state index in [2.05, 4.69) is 30.7 Å². The van der Waals surface area contributed by atoms with Crippen LogP contribution >= 0.6 is 0 Å². The van der Waals surface area contributed by atoms with Crippen LogP contribution < -0.4 is 4.74 Å². The first-order valence-electron chi connectivity index (χ1n) is 12.1. The Hall–Kier alpha value is -2.44. The summed E-state index contributed by atoms with van der Waals surface area (Å²) in [5.41, 5.74) is 1.93. The molecular formula is C27H36FN3O2. The first-order chi connectivity index (χ1) is 15.9. The van der Waals surface area contributed by atoms with Gasteiger partial charge < -0.3 is 9.64 Å². The highest BCUT2D eigenvalue weighted by Gasteiger charge is 2.50. The van der Waals surface area contributed by atoms with Crippen molar-refractivity contribution in [3.8, 4) is 5.75 Å². The Bertz CT molecular complexity index is 921. The highest BCUT2D eigenvalue weighted by Crippen LogP contribution is 2.41. The van der Waals surface area contributed by atoms with E-state index in [0.717, 1.165) is 49.4 Å². The number of carbonyl (C=O) groups is 1. The second kappa shape index (κ2) is 10.2. The van der Waals surface area contributed by atoms with E-state index in [-0.39, 0.29) is 17.3 Å². The summed E-state index contributed by atoms with van der Waals surface area (Å²) in [6.45, 7) is 11.3. The molecule has 0 aromatic heterocycles. The zero-order valence-corrected chi connectivity index (χ0v) is 20.1. The monoisotopic (exact) mass is 453 g/mol. The van der Waals surface area contributed by atoms with Crippen LogP contribution in [0.25, 0.3) is 0 Å². The zero-order valence-electron chi connectivity index (χ0n) is 20.1. The van der Waals surface area contributed by atoms with Crippen molar-refractivity contribution in [2.45, 2.75) is 58.7 Å². The molecule has 178 valence electrons. The summed E-state index contributed by atoms with van der Waals surface area (Å²) < 4.78 is 19.3. The minimum absolute atomic E-state index is 0.169. The van der Waals surface area contributed by atoms with Crippen LogP contribution in [0.15, 0.2) is 48.5 Å². The van der Waals surface area contributed by atoms with Gasteiger partial charge in [-0.1, -0.05) is 45.0 Å². The van der Waals surface area contributed by atoms with Crippen molar-refractivity contribution in [2.24, 2.45) is 5.92 Å². The fraction of sp³-hybridized carbons (Fsp3) is 0.519. The number of benzene rings is 2. The second-order valence-corrected chi connectivity index (χ2v) is 9.82. The van der Waals surface area contributed by atoms with Gasteiger partial charge in [-0.15, -0.1) is 0 Å². The summed E-state index contributed by atoms with van der Waals surface area (Å²) in [5.74, 6) is 1.26. The molecule has 0 aliphatic carbocycles. The van der Waals surface area contributed by atoms with Crippen LogP contribution in [0.3, 0.4) is 0 Å². The third kappa shape index (κ3) is 5.56. The molecule has 2 aromatic carbocycles. The van der Waals surface area contributed by atoms with Gasteiger partial charge in [0.05, 0.1) is 18.7 Å². The van der Waals surface area contributed by atoms with Crippen molar-refractivity contribution < 1.29 is 13.9 Å². The molecule has 0 saturated carbocycles. The summed E-state index contributed by atoms with van der Waals surface area (Å²) in [6, 6.07) is 14.7. The fourth-order valence-electron chi connectivity index (χ4n) is 4.89. The van der Waals surface area contributed by atoms with Crippen LogP contribution in [0, 0.1) is 11.7 Å². The Morgan fingerprint density at radius 1 is 0.970 bits per heavy atom. The van der Waals surface area contributed by atoms with E-state index in [0.29, 0.717) is 32.0 Å². The Balaban J connectivity index is 1.54. The van der Waals surface area contributed by atoms with Gasteiger partial charge in [-0.25, -0.2) is 9.40 Å². The fourth-order valence-corrected chi connectivity index (χ4v) is 4.89. The number of likely N-dealkylation sites (tertiary alicyclic amines) is 1. The van der Waals surface area contributed by atoms with Crippen LogP contribution in [0.5, 0.6) is 5.75 Å². The predicted octanol–water partition coefficient (Wildman–Crippen LogP) is 4.86. The molecule has 1 amide bonds. The molecule has 0 bridgehead atoms. The lowest BCUT2D eigenvalue weighted by molar-refractivity contribution is -0.146. The molecule has 2 aliphatic heterocycles. The third-order valence-electron chi connectivity index (χ3n) is 6.93. The molecule has 1 spiro atoms. The van der Waals surface area contributed by atoms with Crippen LogP contribution in [-0.4, -0.2) is 52.6 Å². The summed E-state index contributed by atoms with van der Waals surface area (Å²) in [4.78, 5) is 15.7. The lowest BCUT2D eigenvalue weighted by atomic mass is 9.84. The van der Waals surface area contributed by atoms with Gasteiger partial charge in [0, 0.05) is 13.0 Å². The Morgan fingerprint density at radius 3 is 2.18 bits per heavy atom. The molecule has 0 atom stereocenters. The van der Waals surface area contributed by atoms with Crippen LogP contribution in [0.1, 0.15) is 51.2 Å². The van der Waals surface area contributed by atoms with E-state index in [9.17, 15) is 9.18 Å². The number of hydrazine groups is 1. The quantitative estimate of drug-likeness (QED) is 0.572. The molecule has 6 heteroatoms.